The van der Waals surface area contributed by atoms with Crippen LogP contribution in [0.1, 0.15) is 22.6 Å². The molecule has 0 atom stereocenters. The minimum atomic E-state index is 0.144. The Kier molecular flexibility index (Phi) is 3.07. The van der Waals surface area contributed by atoms with Gasteiger partial charge in [-0.15, -0.1) is 0 Å². The zero-order valence-electron chi connectivity index (χ0n) is 10.9. The molecule has 0 saturated heterocycles. The van der Waals surface area contributed by atoms with Crippen LogP contribution in [0.25, 0.3) is 0 Å². The van der Waals surface area contributed by atoms with Crippen LogP contribution >= 0.6 is 0 Å². The van der Waals surface area contributed by atoms with Crippen molar-refractivity contribution in [2.45, 2.75) is 26.3 Å². The lowest BCUT2D eigenvalue weighted by Gasteiger charge is -2.25. The maximum Gasteiger partial charge on any atom is 0.227 e. The zero-order chi connectivity index (χ0) is 13.2. The summed E-state index contributed by atoms with van der Waals surface area (Å²) >= 11 is 0. The molecule has 0 unspecified atom stereocenters. The van der Waals surface area contributed by atoms with Gasteiger partial charge in [-0.1, -0.05) is 35.5 Å². The smallest absolute Gasteiger partial charge is 0.227 e. The van der Waals surface area contributed by atoms with E-state index in [1.165, 1.54) is 5.56 Å². The monoisotopic (exact) mass is 256 g/mol. The topological polar surface area (TPSA) is 46.3 Å². The van der Waals surface area contributed by atoms with E-state index in [-0.39, 0.29) is 5.91 Å². The molecule has 1 aromatic heterocycles. The minimum absolute atomic E-state index is 0.144. The number of rotatable bonds is 2. The highest BCUT2D eigenvalue weighted by molar-refractivity contribution is 5.79. The number of fused-ring (bicyclic) bond motifs is 1. The SMILES string of the molecule is Cc1noc2c1CCN(C(=O)Cc1ccccc1)C2. The fourth-order valence-corrected chi connectivity index (χ4v) is 2.47. The van der Waals surface area contributed by atoms with E-state index < -0.39 is 0 Å². The van der Waals surface area contributed by atoms with Crippen molar-refractivity contribution in [1.82, 2.24) is 10.1 Å². The van der Waals surface area contributed by atoms with E-state index in [9.17, 15) is 4.79 Å². The van der Waals surface area contributed by atoms with E-state index >= 15 is 0 Å². The Labute approximate surface area is 112 Å². The predicted molar refractivity (Wildman–Crippen MR) is 70.5 cm³/mol. The lowest BCUT2D eigenvalue weighted by molar-refractivity contribution is -0.131. The van der Waals surface area contributed by atoms with E-state index in [1.807, 2.05) is 42.2 Å². The fourth-order valence-electron chi connectivity index (χ4n) is 2.47. The van der Waals surface area contributed by atoms with Gasteiger partial charge >= 0.3 is 0 Å². The predicted octanol–water partition coefficient (Wildman–Crippen LogP) is 2.11. The molecule has 4 nitrogen and oxygen atoms in total. The molecule has 1 amide bonds. The van der Waals surface area contributed by atoms with Gasteiger partial charge in [-0.05, 0) is 18.9 Å². The largest absolute Gasteiger partial charge is 0.359 e. The first-order chi connectivity index (χ1) is 9.24. The molecule has 4 heteroatoms. The van der Waals surface area contributed by atoms with Crippen LogP contribution < -0.4 is 0 Å². The molecule has 0 N–H and O–H groups in total. The van der Waals surface area contributed by atoms with Crippen LogP contribution in [-0.2, 0) is 24.2 Å². The number of carbonyl (C=O) groups is 1. The standard InChI is InChI=1S/C15H16N2O2/c1-11-13-7-8-17(10-14(13)19-16-11)15(18)9-12-5-3-2-4-6-12/h2-6H,7-10H2,1H3. The second-order valence-electron chi connectivity index (χ2n) is 4.90. The molecule has 3 rings (SSSR count). The van der Waals surface area contributed by atoms with Crippen LogP contribution in [0.2, 0.25) is 0 Å². The molecular weight excluding hydrogens is 240 g/mol. The van der Waals surface area contributed by atoms with E-state index in [0.717, 1.165) is 30.0 Å². The van der Waals surface area contributed by atoms with E-state index in [0.29, 0.717) is 13.0 Å². The maximum absolute atomic E-state index is 12.2. The Hall–Kier alpha value is -2.10. The van der Waals surface area contributed by atoms with Gasteiger partial charge in [0, 0.05) is 12.1 Å². The summed E-state index contributed by atoms with van der Waals surface area (Å²) in [6.45, 7) is 3.24. The summed E-state index contributed by atoms with van der Waals surface area (Å²) < 4.78 is 5.27. The molecule has 1 aliphatic heterocycles. The Morgan fingerprint density at radius 1 is 1.37 bits per heavy atom. The Bertz CT molecular complexity index is 589. The molecule has 0 spiro atoms. The summed E-state index contributed by atoms with van der Waals surface area (Å²) in [6, 6.07) is 9.82. The van der Waals surface area contributed by atoms with E-state index in [1.54, 1.807) is 0 Å². The number of aryl methyl sites for hydroxylation is 1. The highest BCUT2D eigenvalue weighted by atomic mass is 16.5. The Balaban J connectivity index is 1.69. The van der Waals surface area contributed by atoms with Crippen molar-refractivity contribution >= 4 is 5.91 Å². The van der Waals surface area contributed by atoms with Gasteiger partial charge in [0.05, 0.1) is 18.7 Å². The summed E-state index contributed by atoms with van der Waals surface area (Å²) in [5.41, 5.74) is 3.17. The number of hydrogen-bond donors (Lipinski definition) is 0. The average molecular weight is 256 g/mol. The second kappa shape index (κ2) is 4.88. The van der Waals surface area contributed by atoms with Crippen LogP contribution in [0.15, 0.2) is 34.9 Å². The second-order valence-corrected chi connectivity index (χ2v) is 4.90. The lowest BCUT2D eigenvalue weighted by Crippen LogP contribution is -2.36. The first-order valence-electron chi connectivity index (χ1n) is 6.50. The zero-order valence-corrected chi connectivity index (χ0v) is 10.9. The summed E-state index contributed by atoms with van der Waals surface area (Å²) in [7, 11) is 0. The van der Waals surface area contributed by atoms with Crippen molar-refractivity contribution in [3.8, 4) is 0 Å². The van der Waals surface area contributed by atoms with Crippen molar-refractivity contribution in [1.29, 1.82) is 0 Å². The van der Waals surface area contributed by atoms with E-state index in [4.69, 9.17) is 4.52 Å². The van der Waals surface area contributed by atoms with E-state index in [2.05, 4.69) is 5.16 Å². The number of carbonyl (C=O) groups excluding carboxylic acids is 1. The van der Waals surface area contributed by atoms with Crippen molar-refractivity contribution in [3.63, 3.8) is 0 Å². The molecule has 2 aromatic rings. The van der Waals surface area contributed by atoms with Gasteiger partial charge < -0.3 is 9.42 Å². The highest BCUT2D eigenvalue weighted by Crippen LogP contribution is 2.22. The van der Waals surface area contributed by atoms with Gasteiger partial charge in [0.1, 0.15) is 0 Å². The molecule has 98 valence electrons. The molecular formula is C15H16N2O2. The number of nitrogens with zero attached hydrogens (tertiary/aromatic N) is 2. The van der Waals surface area contributed by atoms with Gasteiger partial charge in [0.25, 0.3) is 0 Å². The van der Waals surface area contributed by atoms with Crippen LogP contribution in [0.5, 0.6) is 0 Å². The molecule has 1 aliphatic rings. The summed E-state index contributed by atoms with van der Waals surface area (Å²) in [4.78, 5) is 14.1. The van der Waals surface area contributed by atoms with Gasteiger partial charge in [0.15, 0.2) is 5.76 Å². The lowest BCUT2D eigenvalue weighted by atomic mass is 10.0. The van der Waals surface area contributed by atoms with Crippen molar-refractivity contribution in [2.75, 3.05) is 6.54 Å². The van der Waals surface area contributed by atoms with Gasteiger partial charge in [0.2, 0.25) is 5.91 Å². The number of amides is 1. The molecule has 0 aliphatic carbocycles. The quantitative estimate of drug-likeness (QED) is 0.826. The van der Waals surface area contributed by atoms with Gasteiger partial charge in [-0.25, -0.2) is 0 Å². The first kappa shape index (κ1) is 12.0. The first-order valence-corrected chi connectivity index (χ1v) is 6.50. The molecule has 2 heterocycles. The molecule has 0 saturated carbocycles. The summed E-state index contributed by atoms with van der Waals surface area (Å²) in [5.74, 6) is 0.982. The minimum Gasteiger partial charge on any atom is -0.359 e. The third kappa shape index (κ3) is 2.38. The van der Waals surface area contributed by atoms with Crippen LogP contribution in [-0.4, -0.2) is 22.5 Å². The van der Waals surface area contributed by atoms with Crippen LogP contribution in [0, 0.1) is 6.92 Å². The van der Waals surface area contributed by atoms with Crippen LogP contribution in [0.3, 0.4) is 0 Å². The third-order valence-corrected chi connectivity index (χ3v) is 3.58. The molecule has 0 bridgehead atoms. The van der Waals surface area contributed by atoms with Crippen molar-refractivity contribution < 1.29 is 9.32 Å². The Morgan fingerprint density at radius 2 is 2.16 bits per heavy atom. The number of hydrogen-bond acceptors (Lipinski definition) is 3. The maximum atomic E-state index is 12.2. The fraction of sp³-hybridized carbons (Fsp3) is 0.333. The molecule has 19 heavy (non-hydrogen) atoms. The van der Waals surface area contributed by atoms with Crippen molar-refractivity contribution in [3.05, 3.63) is 52.9 Å². The third-order valence-electron chi connectivity index (χ3n) is 3.58. The summed E-state index contributed by atoms with van der Waals surface area (Å²) in [5, 5.41) is 3.96. The number of aromatic nitrogens is 1. The average Bonchev–Trinajstić information content (AvgIpc) is 2.81. The normalized spacial score (nSPS) is 14.3. The molecule has 0 fully saturated rings. The van der Waals surface area contributed by atoms with Crippen molar-refractivity contribution in [2.24, 2.45) is 0 Å². The van der Waals surface area contributed by atoms with Gasteiger partial charge in [-0.3, -0.25) is 4.79 Å². The van der Waals surface area contributed by atoms with Crippen LogP contribution in [0.4, 0.5) is 0 Å². The number of benzene rings is 1. The Morgan fingerprint density at radius 3 is 2.95 bits per heavy atom. The molecule has 1 aromatic carbocycles. The highest BCUT2D eigenvalue weighted by Gasteiger charge is 2.25. The summed E-state index contributed by atoms with van der Waals surface area (Å²) in [6.07, 6.45) is 1.29. The van der Waals surface area contributed by atoms with Gasteiger partial charge in [-0.2, -0.15) is 0 Å². The molecule has 0 radical (unpaired) electrons.